The highest BCUT2D eigenvalue weighted by atomic mass is 19.5. The van der Waals surface area contributed by atoms with E-state index < -0.39 is 7.25 Å². The third-order valence-electron chi connectivity index (χ3n) is 1.56. The van der Waals surface area contributed by atoms with E-state index in [1.807, 2.05) is 0 Å². The van der Waals surface area contributed by atoms with Crippen molar-refractivity contribution in [3.8, 4) is 0 Å². The third kappa shape index (κ3) is 7.76. The lowest BCUT2D eigenvalue weighted by molar-refractivity contribution is 0.254. The summed E-state index contributed by atoms with van der Waals surface area (Å²) in [5.74, 6) is 0. The summed E-state index contributed by atoms with van der Waals surface area (Å²) in [7, 11) is -3.92. The van der Waals surface area contributed by atoms with Crippen LogP contribution >= 0.6 is 0 Å². The van der Waals surface area contributed by atoms with Crippen molar-refractivity contribution in [2.24, 2.45) is 0 Å². The molecule has 0 fully saturated rings. The summed E-state index contributed by atoms with van der Waals surface area (Å²) in [6.45, 7) is 5.44. The van der Waals surface area contributed by atoms with Gasteiger partial charge in [0.2, 0.25) is 0 Å². The molecule has 1 rings (SSSR count). The molecule has 0 saturated carbocycles. The van der Waals surface area contributed by atoms with Crippen LogP contribution < -0.4 is 0 Å². The Labute approximate surface area is 81.3 Å². The van der Waals surface area contributed by atoms with Crippen molar-refractivity contribution in [1.29, 1.82) is 0 Å². The van der Waals surface area contributed by atoms with Gasteiger partial charge in [-0.05, 0) is 13.8 Å². The van der Waals surface area contributed by atoms with Crippen molar-refractivity contribution < 1.29 is 17.3 Å². The fraction of sp³-hybridized carbons (Fsp3) is 0.714. The molecule has 84 valence electrons. The summed E-state index contributed by atoms with van der Waals surface area (Å²) in [5.41, 5.74) is 0. The van der Waals surface area contributed by atoms with Crippen molar-refractivity contribution >= 4 is 7.25 Å². The molecule has 0 aliphatic carbocycles. The Morgan fingerprint density at radius 3 is 1.71 bits per heavy atom. The fourth-order valence-corrected chi connectivity index (χ4v) is 0.887. The molecule has 14 heavy (non-hydrogen) atoms. The molecule has 0 spiro atoms. The number of nitrogens with zero attached hydrogens (tertiary/aromatic N) is 2. The van der Waals surface area contributed by atoms with Gasteiger partial charge in [0, 0.05) is 25.5 Å². The lowest BCUT2D eigenvalue weighted by atomic mass is 10.3. The topological polar surface area (TPSA) is 6.48 Å². The number of hydrogen-bond acceptors (Lipinski definition) is 2. The molecule has 0 radical (unpaired) electrons. The lowest BCUT2D eigenvalue weighted by Gasteiger charge is -2.21. The highest BCUT2D eigenvalue weighted by molar-refractivity contribution is 6.50. The SMILES string of the molecule is CC(C)N1C=CN(C)C1.F[B-](F)(F)F. The van der Waals surface area contributed by atoms with E-state index >= 15 is 0 Å². The number of halogens is 4. The molecule has 7 heteroatoms. The Bertz CT molecular complexity index is 187. The minimum absolute atomic E-state index is 0.631. The van der Waals surface area contributed by atoms with E-state index in [2.05, 4.69) is 43.1 Å². The van der Waals surface area contributed by atoms with E-state index in [-0.39, 0.29) is 0 Å². The van der Waals surface area contributed by atoms with E-state index in [4.69, 9.17) is 0 Å². The van der Waals surface area contributed by atoms with E-state index in [0.29, 0.717) is 6.04 Å². The Morgan fingerprint density at radius 1 is 1.14 bits per heavy atom. The monoisotopic (exact) mass is 213 g/mol. The molecule has 0 aromatic carbocycles. The summed E-state index contributed by atoms with van der Waals surface area (Å²) in [6.07, 6.45) is 4.23. The number of rotatable bonds is 1. The minimum atomic E-state index is -6.00. The smallest absolute Gasteiger partial charge is 0.418 e. The van der Waals surface area contributed by atoms with Gasteiger partial charge in [0.1, 0.15) is 0 Å². The molecule has 0 unspecified atom stereocenters. The van der Waals surface area contributed by atoms with E-state index in [1.54, 1.807) is 0 Å². The molecular weight excluding hydrogens is 199 g/mol. The molecule has 0 amide bonds. The van der Waals surface area contributed by atoms with E-state index in [9.17, 15) is 17.3 Å². The van der Waals surface area contributed by atoms with Gasteiger partial charge in [-0.2, -0.15) is 0 Å². The zero-order chi connectivity index (χ0) is 11.4. The normalized spacial score (nSPS) is 16.0. The van der Waals surface area contributed by atoms with Gasteiger partial charge >= 0.3 is 7.25 Å². The molecule has 1 aliphatic rings. The zero-order valence-electron chi connectivity index (χ0n) is 8.42. The minimum Gasteiger partial charge on any atom is -0.418 e. The first-order valence-corrected chi connectivity index (χ1v) is 4.22. The first-order chi connectivity index (χ1) is 6.20. The average molecular weight is 213 g/mol. The maximum absolute atomic E-state index is 9.75. The average Bonchev–Trinajstić information content (AvgIpc) is 2.31. The van der Waals surface area contributed by atoms with Gasteiger partial charge in [0.25, 0.3) is 0 Å². The van der Waals surface area contributed by atoms with Crippen molar-refractivity contribution in [3.05, 3.63) is 12.4 Å². The van der Waals surface area contributed by atoms with Crippen LogP contribution in [0.5, 0.6) is 0 Å². The largest absolute Gasteiger partial charge is 0.673 e. The van der Waals surface area contributed by atoms with Crippen molar-refractivity contribution in [2.75, 3.05) is 13.7 Å². The summed E-state index contributed by atoms with van der Waals surface area (Å²) in [6, 6.07) is 0.631. The van der Waals surface area contributed by atoms with E-state index in [1.165, 1.54) is 0 Å². The van der Waals surface area contributed by atoms with Crippen molar-refractivity contribution in [1.82, 2.24) is 9.80 Å². The van der Waals surface area contributed by atoms with Gasteiger partial charge in [-0.25, -0.2) is 0 Å². The molecule has 0 aromatic heterocycles. The standard InChI is InChI=1S/C7H14N2.BF4/c1-7(2)9-5-4-8(3)6-9;2-1(3,4)5/h4-5,7H,6H2,1-3H3;/q;-1. The molecule has 0 bridgehead atoms. The van der Waals surface area contributed by atoms with Crippen molar-refractivity contribution in [2.45, 2.75) is 19.9 Å². The summed E-state index contributed by atoms with van der Waals surface area (Å²) >= 11 is 0. The van der Waals surface area contributed by atoms with Crippen LogP contribution in [0.25, 0.3) is 0 Å². The molecule has 0 N–H and O–H groups in total. The van der Waals surface area contributed by atoms with Gasteiger partial charge < -0.3 is 27.1 Å². The van der Waals surface area contributed by atoms with Crippen LogP contribution in [0.1, 0.15) is 13.8 Å². The molecule has 1 aliphatic heterocycles. The lowest BCUT2D eigenvalue weighted by Crippen LogP contribution is -2.28. The van der Waals surface area contributed by atoms with Crippen LogP contribution in [0, 0.1) is 0 Å². The van der Waals surface area contributed by atoms with Crippen LogP contribution in [0.3, 0.4) is 0 Å². The molecular formula is C7H14BF4N2-. The quantitative estimate of drug-likeness (QED) is 0.487. The predicted molar refractivity (Wildman–Crippen MR) is 48.9 cm³/mol. The van der Waals surface area contributed by atoms with E-state index in [0.717, 1.165) is 6.67 Å². The highest BCUT2D eigenvalue weighted by Crippen LogP contribution is 2.07. The van der Waals surface area contributed by atoms with Crippen LogP contribution in [-0.4, -0.2) is 36.8 Å². The predicted octanol–water partition coefficient (Wildman–Crippen LogP) is 2.37. The maximum atomic E-state index is 9.75. The Hall–Kier alpha value is -0.875. The fourth-order valence-electron chi connectivity index (χ4n) is 0.887. The Kier molecular flexibility index (Phi) is 4.80. The summed E-state index contributed by atoms with van der Waals surface area (Å²) < 4.78 is 39.0. The van der Waals surface area contributed by atoms with Gasteiger partial charge in [0.15, 0.2) is 0 Å². The summed E-state index contributed by atoms with van der Waals surface area (Å²) in [4.78, 5) is 4.46. The summed E-state index contributed by atoms with van der Waals surface area (Å²) in [5, 5.41) is 0. The Morgan fingerprint density at radius 2 is 1.57 bits per heavy atom. The first-order valence-electron chi connectivity index (χ1n) is 4.22. The molecule has 0 atom stereocenters. The van der Waals surface area contributed by atoms with Crippen LogP contribution in [-0.2, 0) is 0 Å². The molecule has 2 nitrogen and oxygen atoms in total. The Balaban J connectivity index is 0.000000292. The van der Waals surface area contributed by atoms with Gasteiger partial charge in [-0.1, -0.05) is 0 Å². The second-order valence-electron chi connectivity index (χ2n) is 3.30. The zero-order valence-corrected chi connectivity index (χ0v) is 8.42. The van der Waals surface area contributed by atoms with Crippen LogP contribution in [0.15, 0.2) is 12.4 Å². The number of hydrogen-bond donors (Lipinski definition) is 0. The van der Waals surface area contributed by atoms with Crippen molar-refractivity contribution in [3.63, 3.8) is 0 Å². The van der Waals surface area contributed by atoms with Crippen LogP contribution in [0.2, 0.25) is 0 Å². The molecule has 0 aromatic rings. The van der Waals surface area contributed by atoms with Gasteiger partial charge in [-0.3, -0.25) is 0 Å². The molecule has 1 heterocycles. The second-order valence-corrected chi connectivity index (χ2v) is 3.30. The third-order valence-corrected chi connectivity index (χ3v) is 1.56. The maximum Gasteiger partial charge on any atom is 0.673 e. The van der Waals surface area contributed by atoms with Gasteiger partial charge in [-0.15, -0.1) is 0 Å². The second kappa shape index (κ2) is 5.12. The van der Waals surface area contributed by atoms with Crippen LogP contribution in [0.4, 0.5) is 17.3 Å². The molecule has 0 saturated heterocycles. The van der Waals surface area contributed by atoms with Gasteiger partial charge in [0.05, 0.1) is 6.67 Å². The highest BCUT2D eigenvalue weighted by Gasteiger charge is 2.20. The first kappa shape index (κ1) is 13.1.